The average molecular weight is 442 g/mol. The van der Waals surface area contributed by atoms with Crippen molar-refractivity contribution in [2.75, 3.05) is 5.32 Å². The number of H-pyrrole nitrogens is 1. The van der Waals surface area contributed by atoms with Crippen LogP contribution < -0.4 is 15.6 Å². The van der Waals surface area contributed by atoms with Gasteiger partial charge in [-0.1, -0.05) is 31.5 Å². The zero-order chi connectivity index (χ0) is 22.8. The maximum Gasteiger partial charge on any atom is 0.248 e. The highest BCUT2D eigenvalue weighted by atomic mass is 32.2. The number of carbonyl (C=O) groups is 1. The number of carbonyl (C=O) groups excluding carboxylic acids is 1. The maximum absolute atomic E-state index is 13.0. The molecule has 0 bridgehead atoms. The van der Waals surface area contributed by atoms with Crippen LogP contribution in [0.5, 0.6) is 0 Å². The lowest BCUT2D eigenvalue weighted by Crippen LogP contribution is -2.44. The first-order valence-electron chi connectivity index (χ1n) is 10.1. The van der Waals surface area contributed by atoms with Crippen molar-refractivity contribution >= 4 is 32.5 Å². The highest BCUT2D eigenvalue weighted by Crippen LogP contribution is 2.20. The third-order valence-corrected chi connectivity index (χ3v) is 6.44. The molecule has 1 aromatic heterocycles. The Balaban J connectivity index is 1.87. The van der Waals surface area contributed by atoms with Crippen LogP contribution in [0.25, 0.3) is 10.9 Å². The minimum absolute atomic E-state index is 0.0279. The van der Waals surface area contributed by atoms with Crippen molar-refractivity contribution in [2.45, 2.75) is 45.1 Å². The number of benzene rings is 2. The van der Waals surface area contributed by atoms with Gasteiger partial charge in [0, 0.05) is 17.3 Å². The quantitative estimate of drug-likeness (QED) is 0.522. The lowest BCUT2D eigenvalue weighted by Gasteiger charge is -2.21. The molecule has 164 valence electrons. The summed E-state index contributed by atoms with van der Waals surface area (Å²) in [6, 6.07) is 12.1. The van der Waals surface area contributed by atoms with Gasteiger partial charge in [-0.05, 0) is 67.5 Å². The Morgan fingerprint density at radius 2 is 1.77 bits per heavy atom. The fourth-order valence-corrected chi connectivity index (χ4v) is 4.65. The van der Waals surface area contributed by atoms with Gasteiger partial charge in [0.15, 0.2) is 0 Å². The molecule has 8 heteroatoms. The normalized spacial score (nSPS) is 12.8. The van der Waals surface area contributed by atoms with Crippen LogP contribution in [0.3, 0.4) is 0 Å². The SMILES string of the molecule is Cc1ccc(NC(=O)[C@@H](CC(C)C)NS(=O)(=O)c2ccc3[nH]c(=O)ccc3c2)c(C)c1. The van der Waals surface area contributed by atoms with Gasteiger partial charge in [0.05, 0.1) is 4.90 Å². The Hall–Kier alpha value is -2.97. The number of amides is 1. The van der Waals surface area contributed by atoms with E-state index in [0.717, 1.165) is 11.1 Å². The van der Waals surface area contributed by atoms with Crippen molar-refractivity contribution in [3.63, 3.8) is 0 Å². The molecule has 1 heterocycles. The summed E-state index contributed by atoms with van der Waals surface area (Å²) in [6.45, 7) is 7.72. The summed E-state index contributed by atoms with van der Waals surface area (Å²) in [5.74, 6) is -0.311. The van der Waals surface area contributed by atoms with Gasteiger partial charge < -0.3 is 10.3 Å². The van der Waals surface area contributed by atoms with Gasteiger partial charge in [0.1, 0.15) is 6.04 Å². The standard InChI is InChI=1S/C23H27N3O4S/c1-14(2)11-21(23(28)25-19-8-5-15(3)12-16(19)4)26-31(29,30)18-7-9-20-17(13-18)6-10-22(27)24-20/h5-10,12-14,21,26H,11H2,1-4H3,(H,24,27)(H,25,28)/t21-/m1/s1. The van der Waals surface area contributed by atoms with Crippen molar-refractivity contribution in [1.29, 1.82) is 0 Å². The molecule has 0 radical (unpaired) electrons. The van der Waals surface area contributed by atoms with E-state index in [0.29, 0.717) is 23.0 Å². The molecule has 0 fully saturated rings. The fourth-order valence-electron chi connectivity index (χ4n) is 3.41. The van der Waals surface area contributed by atoms with Gasteiger partial charge in [-0.3, -0.25) is 9.59 Å². The first-order chi connectivity index (χ1) is 14.5. The third-order valence-electron chi connectivity index (χ3n) is 4.97. The Labute approximate surface area is 181 Å². The van der Waals surface area contributed by atoms with Gasteiger partial charge in [0.2, 0.25) is 21.5 Å². The van der Waals surface area contributed by atoms with E-state index in [1.165, 1.54) is 18.2 Å². The second kappa shape index (κ2) is 9.03. The van der Waals surface area contributed by atoms with Crippen molar-refractivity contribution < 1.29 is 13.2 Å². The van der Waals surface area contributed by atoms with E-state index < -0.39 is 22.0 Å². The molecule has 0 aliphatic heterocycles. The molecular formula is C23H27N3O4S. The number of hydrogen-bond acceptors (Lipinski definition) is 4. The molecule has 0 aliphatic rings. The fraction of sp³-hybridized carbons (Fsp3) is 0.304. The third kappa shape index (κ3) is 5.59. The van der Waals surface area contributed by atoms with Crippen molar-refractivity contribution in [3.8, 4) is 0 Å². The van der Waals surface area contributed by atoms with Crippen LogP contribution in [0.4, 0.5) is 5.69 Å². The van der Waals surface area contributed by atoms with Gasteiger partial charge in [-0.2, -0.15) is 4.72 Å². The second-order valence-electron chi connectivity index (χ2n) is 8.18. The minimum Gasteiger partial charge on any atom is -0.324 e. The molecule has 0 unspecified atom stereocenters. The number of rotatable bonds is 7. The van der Waals surface area contributed by atoms with E-state index in [1.54, 1.807) is 12.1 Å². The highest BCUT2D eigenvalue weighted by molar-refractivity contribution is 7.89. The van der Waals surface area contributed by atoms with E-state index in [-0.39, 0.29) is 16.4 Å². The summed E-state index contributed by atoms with van der Waals surface area (Å²) in [5, 5.41) is 3.43. The molecule has 0 aliphatic carbocycles. The van der Waals surface area contributed by atoms with Gasteiger partial charge in [-0.25, -0.2) is 8.42 Å². The van der Waals surface area contributed by atoms with Gasteiger partial charge in [0.25, 0.3) is 0 Å². The number of fused-ring (bicyclic) bond motifs is 1. The molecule has 0 spiro atoms. The highest BCUT2D eigenvalue weighted by Gasteiger charge is 2.27. The number of pyridine rings is 1. The molecule has 31 heavy (non-hydrogen) atoms. The molecule has 0 saturated heterocycles. The molecule has 7 nitrogen and oxygen atoms in total. The first-order valence-corrected chi connectivity index (χ1v) is 11.6. The van der Waals surface area contributed by atoms with Crippen LogP contribution in [0.2, 0.25) is 0 Å². The summed E-state index contributed by atoms with van der Waals surface area (Å²) < 4.78 is 28.6. The number of aryl methyl sites for hydroxylation is 2. The molecule has 3 rings (SSSR count). The molecular weight excluding hydrogens is 414 g/mol. The van der Waals surface area contributed by atoms with E-state index in [1.807, 2.05) is 45.9 Å². The largest absolute Gasteiger partial charge is 0.324 e. The molecule has 3 N–H and O–H groups in total. The van der Waals surface area contributed by atoms with Crippen LogP contribution in [0.1, 0.15) is 31.4 Å². The number of aromatic nitrogens is 1. The van der Waals surface area contributed by atoms with Crippen molar-refractivity contribution in [3.05, 3.63) is 70.0 Å². The van der Waals surface area contributed by atoms with Crippen molar-refractivity contribution in [2.24, 2.45) is 5.92 Å². The Morgan fingerprint density at radius 1 is 1.03 bits per heavy atom. The number of anilines is 1. The molecule has 2 aromatic carbocycles. The topological polar surface area (TPSA) is 108 Å². The van der Waals surface area contributed by atoms with E-state index in [2.05, 4.69) is 15.0 Å². The van der Waals surface area contributed by atoms with Gasteiger partial charge >= 0.3 is 0 Å². The maximum atomic E-state index is 13.0. The molecule has 1 amide bonds. The predicted molar refractivity (Wildman–Crippen MR) is 123 cm³/mol. The Kier molecular flexibility index (Phi) is 6.62. The van der Waals surface area contributed by atoms with E-state index >= 15 is 0 Å². The van der Waals surface area contributed by atoms with Crippen LogP contribution >= 0.6 is 0 Å². The van der Waals surface area contributed by atoms with Crippen LogP contribution in [-0.2, 0) is 14.8 Å². The van der Waals surface area contributed by atoms with Gasteiger partial charge in [-0.15, -0.1) is 0 Å². The number of nitrogens with one attached hydrogen (secondary N) is 3. The number of sulfonamides is 1. The lowest BCUT2D eigenvalue weighted by atomic mass is 10.0. The monoisotopic (exact) mass is 441 g/mol. The molecule has 0 saturated carbocycles. The molecule has 3 aromatic rings. The summed E-state index contributed by atoms with van der Waals surface area (Å²) >= 11 is 0. The van der Waals surface area contributed by atoms with Crippen molar-refractivity contribution in [1.82, 2.24) is 9.71 Å². The summed E-state index contributed by atoms with van der Waals surface area (Å²) in [7, 11) is -3.96. The summed E-state index contributed by atoms with van der Waals surface area (Å²) in [5.41, 5.74) is 2.91. The minimum atomic E-state index is -3.96. The van der Waals surface area contributed by atoms with E-state index in [9.17, 15) is 18.0 Å². The Bertz CT molecular complexity index is 1280. The number of aromatic amines is 1. The van der Waals surface area contributed by atoms with E-state index in [4.69, 9.17) is 0 Å². The lowest BCUT2D eigenvalue weighted by molar-refractivity contribution is -0.118. The zero-order valence-electron chi connectivity index (χ0n) is 18.0. The smallest absolute Gasteiger partial charge is 0.248 e. The zero-order valence-corrected chi connectivity index (χ0v) is 18.8. The van der Waals surface area contributed by atoms with Crippen LogP contribution in [0.15, 0.2) is 58.2 Å². The van der Waals surface area contributed by atoms with Crippen LogP contribution in [0, 0.1) is 19.8 Å². The Morgan fingerprint density at radius 3 is 2.45 bits per heavy atom. The summed E-state index contributed by atoms with van der Waals surface area (Å²) in [6.07, 6.45) is 0.344. The number of hydrogen-bond donors (Lipinski definition) is 3. The first kappa shape index (κ1) is 22.7. The van der Waals surface area contributed by atoms with Crippen LogP contribution in [-0.4, -0.2) is 25.4 Å². The molecule has 1 atom stereocenters. The predicted octanol–water partition coefficient (Wildman–Crippen LogP) is 3.48. The average Bonchev–Trinajstić information content (AvgIpc) is 2.68. The summed E-state index contributed by atoms with van der Waals surface area (Å²) in [4.78, 5) is 27.1. The second-order valence-corrected chi connectivity index (χ2v) is 9.90.